The highest BCUT2D eigenvalue weighted by atomic mass is 32.1. The van der Waals surface area contributed by atoms with Gasteiger partial charge in [0.1, 0.15) is 12.6 Å². The molecular formula is C13H18N2O2S. The van der Waals surface area contributed by atoms with Crippen LogP contribution in [0.1, 0.15) is 38.3 Å². The summed E-state index contributed by atoms with van der Waals surface area (Å²) in [5.74, 6) is -0.0229. The number of amides is 2. The Morgan fingerprint density at radius 2 is 2.33 bits per heavy atom. The van der Waals surface area contributed by atoms with Crippen LogP contribution in [0.25, 0.3) is 0 Å². The Labute approximate surface area is 111 Å². The SMILES string of the molecule is CCCC1NC(=O)CN(C(C)c2ccsc2)C1=O. The van der Waals surface area contributed by atoms with Crippen molar-refractivity contribution in [2.24, 2.45) is 0 Å². The number of hydrogen-bond acceptors (Lipinski definition) is 3. The van der Waals surface area contributed by atoms with Crippen LogP contribution in [0, 0.1) is 0 Å². The average Bonchev–Trinajstić information content (AvgIpc) is 2.86. The molecule has 2 rings (SSSR count). The van der Waals surface area contributed by atoms with Crippen molar-refractivity contribution in [3.63, 3.8) is 0 Å². The number of thiophene rings is 1. The third kappa shape index (κ3) is 2.56. The minimum absolute atomic E-state index is 0.0332. The first-order valence-corrected chi connectivity index (χ1v) is 7.19. The molecule has 0 spiro atoms. The summed E-state index contributed by atoms with van der Waals surface area (Å²) in [6.07, 6.45) is 1.59. The predicted molar refractivity (Wildman–Crippen MR) is 71.3 cm³/mol. The molecule has 1 aliphatic heterocycles. The van der Waals surface area contributed by atoms with Crippen LogP contribution in [0.5, 0.6) is 0 Å². The smallest absolute Gasteiger partial charge is 0.246 e. The van der Waals surface area contributed by atoms with E-state index in [0.717, 1.165) is 12.0 Å². The molecule has 4 nitrogen and oxygen atoms in total. The molecule has 2 heterocycles. The van der Waals surface area contributed by atoms with Crippen LogP contribution in [-0.4, -0.2) is 29.3 Å². The summed E-state index contributed by atoms with van der Waals surface area (Å²) in [4.78, 5) is 25.7. The molecule has 1 aromatic heterocycles. The Bertz CT molecular complexity index is 430. The van der Waals surface area contributed by atoms with E-state index in [0.29, 0.717) is 6.42 Å². The quantitative estimate of drug-likeness (QED) is 0.905. The second kappa shape index (κ2) is 5.52. The van der Waals surface area contributed by atoms with Crippen LogP contribution in [0.2, 0.25) is 0 Å². The number of hydrogen-bond donors (Lipinski definition) is 1. The summed E-state index contributed by atoms with van der Waals surface area (Å²) in [5.41, 5.74) is 1.10. The van der Waals surface area contributed by atoms with Crippen LogP contribution in [0.3, 0.4) is 0 Å². The Morgan fingerprint density at radius 3 is 2.94 bits per heavy atom. The Balaban J connectivity index is 2.15. The van der Waals surface area contributed by atoms with Crippen LogP contribution < -0.4 is 5.32 Å². The predicted octanol–water partition coefficient (Wildman–Crippen LogP) is 1.94. The van der Waals surface area contributed by atoms with E-state index in [-0.39, 0.29) is 30.4 Å². The number of carbonyl (C=O) groups excluding carboxylic acids is 2. The van der Waals surface area contributed by atoms with Crippen LogP contribution in [-0.2, 0) is 9.59 Å². The van der Waals surface area contributed by atoms with Gasteiger partial charge in [-0.05, 0) is 35.7 Å². The van der Waals surface area contributed by atoms with E-state index < -0.39 is 0 Å². The van der Waals surface area contributed by atoms with E-state index in [1.807, 2.05) is 30.7 Å². The fourth-order valence-electron chi connectivity index (χ4n) is 2.24. The first-order valence-electron chi connectivity index (χ1n) is 6.25. The molecule has 2 unspecified atom stereocenters. The van der Waals surface area contributed by atoms with E-state index in [4.69, 9.17) is 0 Å². The summed E-state index contributed by atoms with van der Waals surface area (Å²) in [5, 5.41) is 6.79. The molecule has 1 N–H and O–H groups in total. The molecule has 0 radical (unpaired) electrons. The molecule has 1 aromatic rings. The van der Waals surface area contributed by atoms with E-state index in [9.17, 15) is 9.59 Å². The van der Waals surface area contributed by atoms with Crippen molar-refractivity contribution in [3.8, 4) is 0 Å². The lowest BCUT2D eigenvalue weighted by molar-refractivity contribution is -0.146. The molecule has 0 aliphatic carbocycles. The molecule has 5 heteroatoms. The number of rotatable bonds is 4. The van der Waals surface area contributed by atoms with Gasteiger partial charge in [-0.1, -0.05) is 13.3 Å². The average molecular weight is 266 g/mol. The van der Waals surface area contributed by atoms with Gasteiger partial charge >= 0.3 is 0 Å². The number of piperazine rings is 1. The number of nitrogens with one attached hydrogen (secondary N) is 1. The standard InChI is InChI=1S/C13H18N2O2S/c1-3-4-11-13(17)15(7-12(16)14-11)9(2)10-5-6-18-8-10/h5-6,8-9,11H,3-4,7H2,1-2H3,(H,14,16). The van der Waals surface area contributed by atoms with E-state index in [1.165, 1.54) is 0 Å². The fraction of sp³-hybridized carbons (Fsp3) is 0.538. The molecule has 0 aromatic carbocycles. The van der Waals surface area contributed by atoms with Crippen molar-refractivity contribution in [2.45, 2.75) is 38.8 Å². The monoisotopic (exact) mass is 266 g/mol. The minimum atomic E-state index is -0.350. The lowest BCUT2D eigenvalue weighted by atomic mass is 10.0. The molecule has 0 saturated carbocycles. The van der Waals surface area contributed by atoms with Crippen molar-refractivity contribution < 1.29 is 9.59 Å². The molecule has 1 aliphatic rings. The Kier molecular flexibility index (Phi) is 4.01. The first-order chi connectivity index (χ1) is 8.63. The van der Waals surface area contributed by atoms with Gasteiger partial charge in [0.05, 0.1) is 6.04 Å². The largest absolute Gasteiger partial charge is 0.343 e. The van der Waals surface area contributed by atoms with Gasteiger partial charge in [0.25, 0.3) is 0 Å². The molecule has 98 valence electrons. The minimum Gasteiger partial charge on any atom is -0.343 e. The highest BCUT2D eigenvalue weighted by molar-refractivity contribution is 7.07. The van der Waals surface area contributed by atoms with Gasteiger partial charge in [-0.2, -0.15) is 11.3 Å². The van der Waals surface area contributed by atoms with Crippen molar-refractivity contribution in [1.82, 2.24) is 10.2 Å². The maximum absolute atomic E-state index is 12.3. The summed E-state index contributed by atoms with van der Waals surface area (Å²) in [6.45, 7) is 4.15. The lowest BCUT2D eigenvalue weighted by Crippen LogP contribution is -2.58. The topological polar surface area (TPSA) is 49.4 Å². The zero-order valence-corrected chi connectivity index (χ0v) is 11.5. The van der Waals surface area contributed by atoms with Crippen molar-refractivity contribution in [2.75, 3.05) is 6.54 Å². The van der Waals surface area contributed by atoms with Gasteiger partial charge in [-0.25, -0.2) is 0 Å². The van der Waals surface area contributed by atoms with Crippen molar-refractivity contribution >= 4 is 23.2 Å². The first kappa shape index (κ1) is 13.1. The van der Waals surface area contributed by atoms with E-state index >= 15 is 0 Å². The highest BCUT2D eigenvalue weighted by Gasteiger charge is 2.34. The molecule has 0 bridgehead atoms. The van der Waals surface area contributed by atoms with Crippen LogP contribution >= 0.6 is 11.3 Å². The lowest BCUT2D eigenvalue weighted by Gasteiger charge is -2.36. The second-order valence-electron chi connectivity index (χ2n) is 4.61. The van der Waals surface area contributed by atoms with Gasteiger partial charge < -0.3 is 10.2 Å². The number of nitrogens with zero attached hydrogens (tertiary/aromatic N) is 1. The van der Waals surface area contributed by atoms with E-state index in [2.05, 4.69) is 5.32 Å². The molecular weight excluding hydrogens is 248 g/mol. The zero-order chi connectivity index (χ0) is 13.1. The molecule has 2 atom stereocenters. The molecule has 1 saturated heterocycles. The highest BCUT2D eigenvalue weighted by Crippen LogP contribution is 2.24. The summed E-state index contributed by atoms with van der Waals surface area (Å²) in [6, 6.07) is 1.62. The van der Waals surface area contributed by atoms with Crippen molar-refractivity contribution in [3.05, 3.63) is 22.4 Å². The summed E-state index contributed by atoms with van der Waals surface area (Å²) < 4.78 is 0. The van der Waals surface area contributed by atoms with Gasteiger partial charge in [0, 0.05) is 0 Å². The maximum atomic E-state index is 12.3. The maximum Gasteiger partial charge on any atom is 0.246 e. The molecule has 2 amide bonds. The summed E-state index contributed by atoms with van der Waals surface area (Å²) in [7, 11) is 0. The fourth-order valence-corrected chi connectivity index (χ4v) is 2.99. The third-order valence-electron chi connectivity index (χ3n) is 3.30. The van der Waals surface area contributed by atoms with Gasteiger partial charge in [-0.15, -0.1) is 0 Å². The number of carbonyl (C=O) groups is 2. The van der Waals surface area contributed by atoms with Gasteiger partial charge in [0.15, 0.2) is 0 Å². The van der Waals surface area contributed by atoms with Crippen molar-refractivity contribution in [1.29, 1.82) is 0 Å². The molecule has 1 fully saturated rings. The third-order valence-corrected chi connectivity index (χ3v) is 4.00. The summed E-state index contributed by atoms with van der Waals surface area (Å²) >= 11 is 1.61. The van der Waals surface area contributed by atoms with Crippen LogP contribution in [0.15, 0.2) is 16.8 Å². The zero-order valence-electron chi connectivity index (χ0n) is 10.7. The normalized spacial score (nSPS) is 21.9. The van der Waals surface area contributed by atoms with E-state index in [1.54, 1.807) is 16.2 Å². The van der Waals surface area contributed by atoms with Gasteiger partial charge in [-0.3, -0.25) is 9.59 Å². The van der Waals surface area contributed by atoms with Gasteiger partial charge in [0.2, 0.25) is 11.8 Å². The Morgan fingerprint density at radius 1 is 1.56 bits per heavy atom. The Hall–Kier alpha value is -1.36. The molecule has 18 heavy (non-hydrogen) atoms. The van der Waals surface area contributed by atoms with Crippen LogP contribution in [0.4, 0.5) is 0 Å². The second-order valence-corrected chi connectivity index (χ2v) is 5.39.